The Morgan fingerprint density at radius 2 is 1.61 bits per heavy atom. The van der Waals surface area contributed by atoms with Crippen LogP contribution in [0, 0.1) is 5.92 Å². The zero-order valence-corrected chi connectivity index (χ0v) is 20.6. The van der Waals surface area contributed by atoms with Crippen molar-refractivity contribution in [3.8, 4) is 0 Å². The second kappa shape index (κ2) is 10.4. The van der Waals surface area contributed by atoms with E-state index < -0.39 is 6.10 Å². The Morgan fingerprint density at radius 3 is 2.30 bits per heavy atom. The maximum atomic E-state index is 10.7. The summed E-state index contributed by atoms with van der Waals surface area (Å²) in [5, 5.41) is 16.8. The van der Waals surface area contributed by atoms with Crippen LogP contribution in [0.4, 0.5) is 0 Å². The topological polar surface area (TPSA) is 41.5 Å². The first kappa shape index (κ1) is 23.9. The summed E-state index contributed by atoms with van der Waals surface area (Å²) in [5.74, 6) is 1.04. The fourth-order valence-electron chi connectivity index (χ4n) is 4.76. The van der Waals surface area contributed by atoms with Gasteiger partial charge in [0.15, 0.2) is 0 Å². The number of nitrogens with one attached hydrogen (secondary N) is 1. The van der Waals surface area contributed by atoms with Gasteiger partial charge >= 0.3 is 0 Å². The third kappa shape index (κ3) is 6.44. The molecular weight excluding hydrogens is 406 g/mol. The molecule has 2 atom stereocenters. The molecule has 1 saturated carbocycles. The number of hydrogen-bond acceptors (Lipinski definition) is 3. The van der Waals surface area contributed by atoms with Crippen LogP contribution in [-0.4, -0.2) is 29.9 Å². The number of β-amino-alcohol motifs (C(OH)–C–C–N with tert-alkyl or cyclic N) is 1. The Hall–Kier alpha value is -2.20. The Kier molecular flexibility index (Phi) is 7.53. The SMILES string of the molecule is CC(C)c1ccccc1C(OCC(O)CNC(C)(C)Cc1ccc2ccccc2c1)C1CC1. The van der Waals surface area contributed by atoms with Crippen molar-refractivity contribution < 1.29 is 9.84 Å². The van der Waals surface area contributed by atoms with Crippen molar-refractivity contribution in [2.75, 3.05) is 13.2 Å². The molecule has 2 unspecified atom stereocenters. The second-order valence-corrected chi connectivity index (χ2v) is 10.7. The molecule has 0 radical (unpaired) electrons. The van der Waals surface area contributed by atoms with Crippen molar-refractivity contribution in [1.29, 1.82) is 0 Å². The highest BCUT2D eigenvalue weighted by Crippen LogP contribution is 2.45. The summed E-state index contributed by atoms with van der Waals surface area (Å²) in [4.78, 5) is 0. The summed E-state index contributed by atoms with van der Waals surface area (Å²) < 4.78 is 6.35. The van der Waals surface area contributed by atoms with Gasteiger partial charge in [-0.25, -0.2) is 0 Å². The molecule has 0 saturated heterocycles. The Bertz CT molecular complexity index is 1050. The molecule has 1 fully saturated rings. The largest absolute Gasteiger partial charge is 0.389 e. The summed E-state index contributed by atoms with van der Waals surface area (Å²) in [7, 11) is 0. The van der Waals surface area contributed by atoms with Crippen LogP contribution in [0.2, 0.25) is 0 Å². The molecule has 0 bridgehead atoms. The first-order valence-electron chi connectivity index (χ1n) is 12.4. The van der Waals surface area contributed by atoms with Crippen molar-refractivity contribution in [3.05, 3.63) is 83.4 Å². The third-order valence-electron chi connectivity index (χ3n) is 6.72. The van der Waals surface area contributed by atoms with Gasteiger partial charge < -0.3 is 15.2 Å². The van der Waals surface area contributed by atoms with Crippen LogP contribution in [0.1, 0.15) is 69.2 Å². The number of fused-ring (bicyclic) bond motifs is 1. The number of aliphatic hydroxyl groups excluding tert-OH is 1. The molecule has 1 aliphatic rings. The molecule has 3 aromatic rings. The van der Waals surface area contributed by atoms with E-state index in [0.717, 1.165) is 6.42 Å². The van der Waals surface area contributed by atoms with Gasteiger partial charge in [-0.2, -0.15) is 0 Å². The molecule has 0 heterocycles. The van der Waals surface area contributed by atoms with E-state index in [9.17, 15) is 5.11 Å². The molecule has 4 rings (SSSR count). The zero-order chi connectivity index (χ0) is 23.4. The lowest BCUT2D eigenvalue weighted by Gasteiger charge is -2.29. The molecule has 0 aliphatic heterocycles. The van der Waals surface area contributed by atoms with Crippen molar-refractivity contribution in [3.63, 3.8) is 0 Å². The molecule has 0 spiro atoms. The van der Waals surface area contributed by atoms with E-state index in [0.29, 0.717) is 25.0 Å². The average Bonchev–Trinajstić information content (AvgIpc) is 3.63. The fourth-order valence-corrected chi connectivity index (χ4v) is 4.76. The Morgan fingerprint density at radius 1 is 0.939 bits per heavy atom. The van der Waals surface area contributed by atoms with Gasteiger partial charge in [0, 0.05) is 12.1 Å². The van der Waals surface area contributed by atoms with E-state index in [1.165, 1.54) is 40.3 Å². The first-order chi connectivity index (χ1) is 15.8. The molecule has 1 aliphatic carbocycles. The minimum atomic E-state index is -0.534. The summed E-state index contributed by atoms with van der Waals surface area (Å²) in [5.41, 5.74) is 3.84. The first-order valence-corrected chi connectivity index (χ1v) is 12.4. The van der Waals surface area contributed by atoms with Crippen LogP contribution in [0.15, 0.2) is 66.7 Å². The quantitative estimate of drug-likeness (QED) is 0.359. The van der Waals surface area contributed by atoms with Gasteiger partial charge in [-0.1, -0.05) is 80.6 Å². The van der Waals surface area contributed by atoms with Gasteiger partial charge in [0.25, 0.3) is 0 Å². The van der Waals surface area contributed by atoms with E-state index in [1.54, 1.807) is 0 Å². The number of rotatable bonds is 11. The van der Waals surface area contributed by atoms with Crippen molar-refractivity contribution in [2.45, 2.75) is 70.6 Å². The number of hydrogen-bond donors (Lipinski definition) is 2. The van der Waals surface area contributed by atoms with Crippen LogP contribution >= 0.6 is 0 Å². The van der Waals surface area contributed by atoms with Gasteiger partial charge in [-0.3, -0.25) is 0 Å². The van der Waals surface area contributed by atoms with Crippen LogP contribution in [0.3, 0.4) is 0 Å². The molecule has 0 amide bonds. The van der Waals surface area contributed by atoms with E-state index in [4.69, 9.17) is 4.74 Å². The summed E-state index contributed by atoms with van der Waals surface area (Å²) >= 11 is 0. The number of aliphatic hydroxyl groups is 1. The molecule has 3 aromatic carbocycles. The number of ether oxygens (including phenoxy) is 1. The molecule has 33 heavy (non-hydrogen) atoms. The lowest BCUT2D eigenvalue weighted by molar-refractivity contribution is -0.0215. The zero-order valence-electron chi connectivity index (χ0n) is 20.6. The second-order valence-electron chi connectivity index (χ2n) is 10.7. The molecule has 0 aromatic heterocycles. The molecule has 3 nitrogen and oxygen atoms in total. The fraction of sp³-hybridized carbons (Fsp3) is 0.467. The minimum absolute atomic E-state index is 0.0869. The van der Waals surface area contributed by atoms with Crippen molar-refractivity contribution in [1.82, 2.24) is 5.32 Å². The average molecular weight is 446 g/mol. The van der Waals surface area contributed by atoms with E-state index in [1.807, 2.05) is 0 Å². The Balaban J connectivity index is 1.32. The van der Waals surface area contributed by atoms with Crippen LogP contribution < -0.4 is 5.32 Å². The van der Waals surface area contributed by atoms with Crippen molar-refractivity contribution in [2.24, 2.45) is 5.92 Å². The standard InChI is InChI=1S/C30H39NO2/c1-21(2)27-11-7-8-12-28(27)29(24-15-16-24)33-20-26(32)19-31-30(3,4)18-22-13-14-23-9-5-6-10-25(23)17-22/h5-14,17,21,24,26,29,31-32H,15-16,18-20H2,1-4H3. The number of benzene rings is 3. The van der Waals surface area contributed by atoms with Crippen molar-refractivity contribution >= 4 is 10.8 Å². The molecular formula is C30H39NO2. The van der Waals surface area contributed by atoms with E-state index in [-0.39, 0.29) is 11.6 Å². The van der Waals surface area contributed by atoms with Gasteiger partial charge in [-0.15, -0.1) is 0 Å². The van der Waals surface area contributed by atoms with Gasteiger partial charge in [0.05, 0.1) is 18.8 Å². The summed E-state index contributed by atoms with van der Waals surface area (Å²) in [6, 6.07) is 23.8. The third-order valence-corrected chi connectivity index (χ3v) is 6.72. The van der Waals surface area contributed by atoms with Crippen LogP contribution in [0.5, 0.6) is 0 Å². The molecule has 3 heteroatoms. The maximum Gasteiger partial charge on any atom is 0.0898 e. The predicted octanol–water partition coefficient (Wildman–Crippen LogP) is 6.40. The Labute approximate surface area is 199 Å². The van der Waals surface area contributed by atoms with E-state index >= 15 is 0 Å². The normalized spacial score (nSPS) is 16.3. The minimum Gasteiger partial charge on any atom is -0.389 e. The lowest BCUT2D eigenvalue weighted by Crippen LogP contribution is -2.46. The predicted molar refractivity (Wildman–Crippen MR) is 138 cm³/mol. The van der Waals surface area contributed by atoms with Crippen LogP contribution in [0.25, 0.3) is 10.8 Å². The van der Waals surface area contributed by atoms with E-state index in [2.05, 4.69) is 99.7 Å². The van der Waals surface area contributed by atoms with Gasteiger partial charge in [0.1, 0.15) is 0 Å². The van der Waals surface area contributed by atoms with Crippen LogP contribution in [-0.2, 0) is 11.2 Å². The molecule has 2 N–H and O–H groups in total. The highest BCUT2D eigenvalue weighted by Gasteiger charge is 2.35. The highest BCUT2D eigenvalue weighted by molar-refractivity contribution is 5.83. The lowest BCUT2D eigenvalue weighted by atomic mass is 9.92. The highest BCUT2D eigenvalue weighted by atomic mass is 16.5. The maximum absolute atomic E-state index is 10.7. The summed E-state index contributed by atoms with van der Waals surface area (Å²) in [6.07, 6.45) is 2.88. The van der Waals surface area contributed by atoms with Gasteiger partial charge in [0.2, 0.25) is 0 Å². The summed E-state index contributed by atoms with van der Waals surface area (Å²) in [6.45, 7) is 9.73. The van der Waals surface area contributed by atoms with Gasteiger partial charge in [-0.05, 0) is 72.4 Å². The monoisotopic (exact) mass is 445 g/mol. The molecule has 176 valence electrons. The smallest absolute Gasteiger partial charge is 0.0898 e.